The summed E-state index contributed by atoms with van der Waals surface area (Å²) in [5.41, 5.74) is 6.68. The van der Waals surface area contributed by atoms with Crippen LogP contribution in [0.5, 0.6) is 0 Å². The molecule has 4 N–H and O–H groups in total. The van der Waals surface area contributed by atoms with Crippen LogP contribution < -0.4 is 5.73 Å². The summed E-state index contributed by atoms with van der Waals surface area (Å²) in [6.07, 6.45) is 0.383. The van der Waals surface area contributed by atoms with Gasteiger partial charge in [0.1, 0.15) is 11.6 Å². The molecule has 1 aliphatic heterocycles. The highest BCUT2D eigenvalue weighted by atomic mass is 32.2. The van der Waals surface area contributed by atoms with Crippen LogP contribution in [0.1, 0.15) is 0 Å². The topological polar surface area (TPSA) is 130 Å². The van der Waals surface area contributed by atoms with E-state index in [1.54, 1.807) is 24.3 Å². The Kier molecular flexibility index (Phi) is 5.24. The zero-order valence-electron chi connectivity index (χ0n) is 15.7. The minimum atomic E-state index is -4.01. The van der Waals surface area contributed by atoms with Crippen molar-refractivity contribution in [3.05, 3.63) is 60.7 Å². The summed E-state index contributed by atoms with van der Waals surface area (Å²) in [4.78, 5) is 7.92. The van der Waals surface area contributed by atoms with E-state index in [1.165, 1.54) is 30.6 Å². The van der Waals surface area contributed by atoms with Gasteiger partial charge in [0.2, 0.25) is 10.0 Å². The molecule has 1 aromatic heterocycles. The number of aliphatic hydroxyl groups excluding tert-OH is 2. The molecule has 0 spiro atoms. The summed E-state index contributed by atoms with van der Waals surface area (Å²) in [7, 11) is -4.01. The fourth-order valence-electron chi connectivity index (χ4n) is 3.37. The van der Waals surface area contributed by atoms with Gasteiger partial charge in [0.25, 0.3) is 0 Å². The Morgan fingerprint density at radius 2 is 1.70 bits per heavy atom. The molecule has 0 unspecified atom stereocenters. The van der Waals surface area contributed by atoms with Crippen LogP contribution in [-0.4, -0.2) is 58.2 Å². The number of hydrogen-bond donors (Lipinski definition) is 3. The Labute approximate surface area is 172 Å². The van der Waals surface area contributed by atoms with Gasteiger partial charge >= 0.3 is 0 Å². The van der Waals surface area contributed by atoms with Crippen LogP contribution in [0, 0.1) is 5.82 Å². The number of rotatable bonds is 4. The zero-order chi connectivity index (χ0) is 21.5. The number of nitrogen functional groups attached to an aromatic ring is 1. The van der Waals surface area contributed by atoms with E-state index in [-0.39, 0.29) is 29.4 Å². The number of halogens is 1. The van der Waals surface area contributed by atoms with Gasteiger partial charge in [0.05, 0.1) is 35.2 Å². The van der Waals surface area contributed by atoms with Gasteiger partial charge in [-0.15, -0.1) is 0 Å². The fraction of sp³-hybridized carbons (Fsp3) is 0.200. The summed E-state index contributed by atoms with van der Waals surface area (Å²) in [6.45, 7) is -0.415. The second-order valence-electron chi connectivity index (χ2n) is 6.97. The minimum absolute atomic E-state index is 0.0364. The lowest BCUT2D eigenvalue weighted by Gasteiger charge is -2.18. The Morgan fingerprint density at radius 3 is 2.33 bits per heavy atom. The van der Waals surface area contributed by atoms with Crippen molar-refractivity contribution in [2.24, 2.45) is 0 Å². The van der Waals surface area contributed by atoms with Gasteiger partial charge in [-0.2, -0.15) is 4.31 Å². The molecule has 0 amide bonds. The van der Waals surface area contributed by atoms with E-state index in [9.17, 15) is 23.0 Å². The number of sulfonamides is 1. The molecule has 156 valence electrons. The van der Waals surface area contributed by atoms with Gasteiger partial charge in [0, 0.05) is 24.2 Å². The molecule has 2 heterocycles. The van der Waals surface area contributed by atoms with Crippen molar-refractivity contribution in [2.75, 3.05) is 18.8 Å². The second kappa shape index (κ2) is 7.73. The maximum Gasteiger partial charge on any atom is 0.243 e. The maximum absolute atomic E-state index is 14.8. The Hall–Kier alpha value is -2.92. The van der Waals surface area contributed by atoms with Crippen LogP contribution >= 0.6 is 0 Å². The van der Waals surface area contributed by atoms with Crippen LogP contribution in [0.25, 0.3) is 22.4 Å². The Balaban J connectivity index is 1.74. The largest absolute Gasteiger partial charge is 0.389 e. The molecule has 0 radical (unpaired) electrons. The normalized spacial score (nSPS) is 19.8. The molecule has 0 aliphatic carbocycles. The van der Waals surface area contributed by atoms with Crippen molar-refractivity contribution in [2.45, 2.75) is 17.1 Å². The third kappa shape index (κ3) is 3.65. The van der Waals surface area contributed by atoms with Gasteiger partial charge < -0.3 is 15.9 Å². The quantitative estimate of drug-likeness (QED) is 0.568. The first-order valence-corrected chi connectivity index (χ1v) is 10.5. The van der Waals surface area contributed by atoms with E-state index in [2.05, 4.69) is 9.97 Å². The van der Waals surface area contributed by atoms with E-state index in [4.69, 9.17) is 5.73 Å². The molecule has 0 bridgehead atoms. The second-order valence-corrected chi connectivity index (χ2v) is 8.88. The molecule has 1 fully saturated rings. The lowest BCUT2D eigenvalue weighted by Crippen LogP contribution is -2.30. The Morgan fingerprint density at radius 1 is 1.00 bits per heavy atom. The number of β-amino-alcohol motifs (C(OH)–C–C–N with tert-alkyl or cyclic N) is 2. The van der Waals surface area contributed by atoms with Gasteiger partial charge in [-0.05, 0) is 23.8 Å². The number of hydrogen-bond acceptors (Lipinski definition) is 7. The van der Waals surface area contributed by atoms with Crippen molar-refractivity contribution in [3.63, 3.8) is 0 Å². The zero-order valence-corrected chi connectivity index (χ0v) is 16.5. The maximum atomic E-state index is 14.8. The number of anilines is 1. The first kappa shape index (κ1) is 20.4. The number of nitrogens with two attached hydrogens (primary N) is 1. The lowest BCUT2D eigenvalue weighted by molar-refractivity contribution is 0.0572. The number of benzene rings is 2. The average molecular weight is 430 g/mol. The standard InChI is InChI=1S/C20H19FN4O4S/c21-15-7-12(5-6-14(15)16-8-24-20(22)9-23-16)13-3-1-2-4-19(13)30(28,29)25-10-17(26)18(27)11-25/h1-9,17-18,26-27H,10-11H2,(H2,22,24)/t17-,18-/m0/s1. The van der Waals surface area contributed by atoms with Gasteiger partial charge in [-0.25, -0.2) is 17.8 Å². The van der Waals surface area contributed by atoms with E-state index in [1.807, 2.05) is 0 Å². The first-order valence-electron chi connectivity index (χ1n) is 9.10. The van der Waals surface area contributed by atoms with Crippen LogP contribution in [0.4, 0.5) is 10.2 Å². The predicted molar refractivity (Wildman–Crippen MR) is 108 cm³/mol. The molecule has 30 heavy (non-hydrogen) atoms. The minimum Gasteiger partial charge on any atom is -0.389 e. The Bertz CT molecular complexity index is 1180. The van der Waals surface area contributed by atoms with Crippen molar-refractivity contribution < 1.29 is 23.0 Å². The van der Waals surface area contributed by atoms with Crippen LogP contribution in [0.2, 0.25) is 0 Å². The predicted octanol–water partition coefficient (Wildman–Crippen LogP) is 1.26. The summed E-state index contributed by atoms with van der Waals surface area (Å²) in [6, 6.07) is 10.5. The molecule has 3 aromatic rings. The van der Waals surface area contributed by atoms with Crippen molar-refractivity contribution in [1.82, 2.24) is 14.3 Å². The van der Waals surface area contributed by atoms with Gasteiger partial charge in [0.15, 0.2) is 0 Å². The highest BCUT2D eigenvalue weighted by Gasteiger charge is 2.38. The SMILES string of the molecule is Nc1cnc(-c2ccc(-c3ccccc3S(=O)(=O)N3C[C@H](O)[C@@H](O)C3)cc2F)cn1. The van der Waals surface area contributed by atoms with Gasteiger partial charge in [-0.1, -0.05) is 24.3 Å². The molecule has 4 rings (SSSR count). The van der Waals surface area contributed by atoms with E-state index in [0.717, 1.165) is 4.31 Å². The fourth-order valence-corrected chi connectivity index (χ4v) is 5.06. The van der Waals surface area contributed by atoms with Crippen LogP contribution in [0.15, 0.2) is 59.8 Å². The van der Waals surface area contributed by atoms with Crippen molar-refractivity contribution in [3.8, 4) is 22.4 Å². The summed E-state index contributed by atoms with van der Waals surface area (Å²) >= 11 is 0. The molecule has 1 saturated heterocycles. The average Bonchev–Trinajstić information content (AvgIpc) is 3.08. The number of nitrogens with zero attached hydrogens (tertiary/aromatic N) is 3. The monoisotopic (exact) mass is 430 g/mol. The van der Waals surface area contributed by atoms with Crippen LogP contribution in [0.3, 0.4) is 0 Å². The number of aromatic nitrogens is 2. The molecule has 1 aliphatic rings. The van der Waals surface area contributed by atoms with Crippen molar-refractivity contribution in [1.29, 1.82) is 0 Å². The van der Waals surface area contributed by atoms with E-state index in [0.29, 0.717) is 16.8 Å². The van der Waals surface area contributed by atoms with Crippen molar-refractivity contribution >= 4 is 15.8 Å². The third-order valence-electron chi connectivity index (χ3n) is 4.96. The molecular formula is C20H19FN4O4S. The molecule has 0 saturated carbocycles. The summed E-state index contributed by atoms with van der Waals surface area (Å²) in [5, 5.41) is 19.5. The number of aliphatic hydroxyl groups is 2. The van der Waals surface area contributed by atoms with E-state index >= 15 is 0 Å². The molecule has 8 nitrogen and oxygen atoms in total. The molecule has 2 atom stereocenters. The molecule has 2 aromatic carbocycles. The highest BCUT2D eigenvalue weighted by molar-refractivity contribution is 7.89. The molecule has 10 heteroatoms. The van der Waals surface area contributed by atoms with E-state index < -0.39 is 28.0 Å². The summed E-state index contributed by atoms with van der Waals surface area (Å²) in [5.74, 6) is -0.377. The third-order valence-corrected chi connectivity index (χ3v) is 6.85. The highest BCUT2D eigenvalue weighted by Crippen LogP contribution is 2.33. The summed E-state index contributed by atoms with van der Waals surface area (Å²) < 4.78 is 42.1. The smallest absolute Gasteiger partial charge is 0.243 e. The van der Waals surface area contributed by atoms with Crippen LogP contribution in [-0.2, 0) is 10.0 Å². The molecular weight excluding hydrogens is 411 g/mol. The first-order chi connectivity index (χ1) is 14.3. The van der Waals surface area contributed by atoms with Gasteiger partial charge in [-0.3, -0.25) is 4.98 Å². The lowest BCUT2D eigenvalue weighted by atomic mass is 10.0.